The molecule has 13 heteroatoms. The fraction of sp³-hybridized carbons (Fsp3) is 0.222. The van der Waals surface area contributed by atoms with Crippen LogP contribution < -0.4 is 5.32 Å². The third-order valence-electron chi connectivity index (χ3n) is 4.10. The fourth-order valence-corrected chi connectivity index (χ4v) is 3.50. The molecule has 1 N–H and O–H groups in total. The Bertz CT molecular complexity index is 1240. The molecule has 1 aromatic carbocycles. The number of benzene rings is 1. The van der Waals surface area contributed by atoms with Crippen molar-refractivity contribution in [3.05, 3.63) is 64.7 Å². The summed E-state index contributed by atoms with van der Waals surface area (Å²) in [4.78, 5) is 20.6. The zero-order valence-corrected chi connectivity index (χ0v) is 17.6. The Hall–Kier alpha value is -2.99. The molecule has 1 amide bonds. The van der Waals surface area contributed by atoms with Gasteiger partial charge in [0.1, 0.15) is 6.33 Å². The summed E-state index contributed by atoms with van der Waals surface area (Å²) in [5.41, 5.74) is -1.34. The Morgan fingerprint density at radius 2 is 1.94 bits per heavy atom. The topological polar surface area (TPSA) is 107 Å². The molecule has 0 bridgehead atoms. The van der Waals surface area contributed by atoms with E-state index in [0.29, 0.717) is 6.07 Å². The second kappa shape index (κ2) is 8.27. The van der Waals surface area contributed by atoms with E-state index in [4.69, 9.17) is 11.6 Å². The van der Waals surface area contributed by atoms with Crippen molar-refractivity contribution in [1.82, 2.24) is 25.1 Å². The van der Waals surface area contributed by atoms with Gasteiger partial charge in [0.2, 0.25) is 0 Å². The zero-order chi connectivity index (χ0) is 23.0. The van der Waals surface area contributed by atoms with Gasteiger partial charge in [0.05, 0.1) is 11.6 Å². The molecule has 2 heterocycles. The predicted molar refractivity (Wildman–Crippen MR) is 105 cm³/mol. The minimum absolute atomic E-state index is 0.138. The summed E-state index contributed by atoms with van der Waals surface area (Å²) in [6.45, 7) is 1.54. The molecule has 3 rings (SSSR count). The number of hydrogen-bond donors (Lipinski definition) is 1. The average molecular weight is 474 g/mol. The Morgan fingerprint density at radius 1 is 1.23 bits per heavy atom. The van der Waals surface area contributed by atoms with Gasteiger partial charge in [0.25, 0.3) is 5.91 Å². The maximum atomic E-state index is 13.0. The highest BCUT2D eigenvalue weighted by atomic mass is 35.5. The van der Waals surface area contributed by atoms with E-state index in [2.05, 4.69) is 20.4 Å². The SMILES string of the molecule is CC(NC(=O)c1cc(Cl)cc(C(F)(F)F)c1)c1ncnn1-c1cccc(S(C)(=O)=O)n1. The van der Waals surface area contributed by atoms with E-state index in [1.807, 2.05) is 0 Å². The molecule has 1 atom stereocenters. The Kier molecular flexibility index (Phi) is 6.05. The normalized spacial score (nSPS) is 13.1. The van der Waals surface area contributed by atoms with Crippen LogP contribution in [0.15, 0.2) is 47.8 Å². The van der Waals surface area contributed by atoms with Gasteiger partial charge in [0.15, 0.2) is 26.5 Å². The fourth-order valence-electron chi connectivity index (χ4n) is 2.68. The standard InChI is InChI=1S/C18H15ClF3N5O3S/c1-10(25-17(28)11-6-12(18(20,21)22)8-13(19)7-11)16-23-9-24-27(16)14-4-3-5-15(26-14)31(2,29)30/h3-10H,1-2H3,(H,25,28). The van der Waals surface area contributed by atoms with Crippen molar-refractivity contribution in [3.63, 3.8) is 0 Å². The number of rotatable bonds is 5. The maximum absolute atomic E-state index is 13.0. The number of pyridine rings is 1. The van der Waals surface area contributed by atoms with Gasteiger partial charge in [-0.1, -0.05) is 17.7 Å². The van der Waals surface area contributed by atoms with Gasteiger partial charge in [-0.05, 0) is 37.3 Å². The van der Waals surface area contributed by atoms with Gasteiger partial charge in [-0.25, -0.2) is 18.4 Å². The van der Waals surface area contributed by atoms with Gasteiger partial charge in [0, 0.05) is 16.8 Å². The molecule has 8 nitrogen and oxygen atoms in total. The van der Waals surface area contributed by atoms with Crippen LogP contribution in [0.1, 0.15) is 34.7 Å². The summed E-state index contributed by atoms with van der Waals surface area (Å²) in [7, 11) is -3.57. The molecule has 0 aliphatic rings. The van der Waals surface area contributed by atoms with Crippen LogP contribution in [0.2, 0.25) is 5.02 Å². The number of carbonyl (C=O) groups excluding carboxylic acids is 1. The zero-order valence-electron chi connectivity index (χ0n) is 16.1. The van der Waals surface area contributed by atoms with Gasteiger partial charge in [-0.3, -0.25) is 4.79 Å². The van der Waals surface area contributed by atoms with Crippen molar-refractivity contribution in [3.8, 4) is 5.82 Å². The Morgan fingerprint density at radius 3 is 2.58 bits per heavy atom. The molecule has 164 valence electrons. The van der Waals surface area contributed by atoms with Crippen LogP contribution in [0.5, 0.6) is 0 Å². The van der Waals surface area contributed by atoms with Crippen molar-refractivity contribution in [2.75, 3.05) is 6.26 Å². The highest BCUT2D eigenvalue weighted by molar-refractivity contribution is 7.90. The van der Waals surface area contributed by atoms with Gasteiger partial charge in [-0.15, -0.1) is 0 Å². The minimum atomic E-state index is -4.66. The molecule has 0 aliphatic heterocycles. The number of alkyl halides is 3. The lowest BCUT2D eigenvalue weighted by atomic mass is 10.1. The molecule has 0 spiro atoms. The van der Waals surface area contributed by atoms with Crippen LogP contribution in [-0.4, -0.2) is 40.3 Å². The smallest absolute Gasteiger partial charge is 0.342 e. The number of carbonyl (C=O) groups is 1. The third-order valence-corrected chi connectivity index (χ3v) is 5.31. The van der Waals surface area contributed by atoms with Crippen LogP contribution in [0.4, 0.5) is 13.2 Å². The van der Waals surface area contributed by atoms with Gasteiger partial charge >= 0.3 is 6.18 Å². The van der Waals surface area contributed by atoms with Crippen molar-refractivity contribution in [1.29, 1.82) is 0 Å². The lowest BCUT2D eigenvalue weighted by Gasteiger charge is -2.15. The average Bonchev–Trinajstić information content (AvgIpc) is 3.16. The number of halogens is 4. The molecular weight excluding hydrogens is 459 g/mol. The molecule has 0 radical (unpaired) electrons. The monoisotopic (exact) mass is 473 g/mol. The van der Waals surface area contributed by atoms with E-state index >= 15 is 0 Å². The van der Waals surface area contributed by atoms with E-state index in [0.717, 1.165) is 18.4 Å². The number of nitrogens with one attached hydrogen (secondary N) is 1. The van der Waals surface area contributed by atoms with E-state index in [1.165, 1.54) is 36.1 Å². The minimum Gasteiger partial charge on any atom is -0.342 e. The van der Waals surface area contributed by atoms with Crippen molar-refractivity contribution >= 4 is 27.3 Å². The lowest BCUT2D eigenvalue weighted by Crippen LogP contribution is -2.29. The number of amides is 1. The molecule has 1 unspecified atom stereocenters. The Labute approximate surface area is 180 Å². The number of hydrogen-bond acceptors (Lipinski definition) is 6. The summed E-state index contributed by atoms with van der Waals surface area (Å²) >= 11 is 5.73. The van der Waals surface area contributed by atoms with Crippen molar-refractivity contribution < 1.29 is 26.4 Å². The van der Waals surface area contributed by atoms with Crippen molar-refractivity contribution in [2.24, 2.45) is 0 Å². The quantitative estimate of drug-likeness (QED) is 0.609. The number of sulfone groups is 1. The first-order valence-corrected chi connectivity index (χ1v) is 10.9. The van der Waals surface area contributed by atoms with Gasteiger partial charge < -0.3 is 5.32 Å². The van der Waals surface area contributed by atoms with Crippen LogP contribution in [-0.2, 0) is 16.0 Å². The second-order valence-electron chi connectivity index (χ2n) is 6.56. The molecule has 2 aromatic heterocycles. The van der Waals surface area contributed by atoms with Crippen LogP contribution in [0, 0.1) is 0 Å². The first-order chi connectivity index (χ1) is 14.4. The van der Waals surface area contributed by atoms with Crippen LogP contribution in [0.25, 0.3) is 5.82 Å². The highest BCUT2D eigenvalue weighted by Crippen LogP contribution is 2.32. The van der Waals surface area contributed by atoms with E-state index in [-0.39, 0.29) is 27.3 Å². The number of aromatic nitrogens is 4. The molecule has 31 heavy (non-hydrogen) atoms. The molecular formula is C18H15ClF3N5O3S. The largest absolute Gasteiger partial charge is 0.416 e. The summed E-state index contributed by atoms with van der Waals surface area (Å²) < 4.78 is 63.7. The lowest BCUT2D eigenvalue weighted by molar-refractivity contribution is -0.137. The third kappa shape index (κ3) is 5.20. The number of nitrogens with zero attached hydrogens (tertiary/aromatic N) is 4. The van der Waals surface area contributed by atoms with Crippen molar-refractivity contribution in [2.45, 2.75) is 24.2 Å². The van der Waals surface area contributed by atoms with E-state index < -0.39 is 33.5 Å². The first-order valence-electron chi connectivity index (χ1n) is 8.62. The highest BCUT2D eigenvalue weighted by Gasteiger charge is 2.32. The van der Waals surface area contributed by atoms with E-state index in [9.17, 15) is 26.4 Å². The molecule has 0 saturated carbocycles. The molecule has 0 aliphatic carbocycles. The molecule has 0 fully saturated rings. The predicted octanol–water partition coefficient (Wildman–Crippen LogP) is 3.23. The second-order valence-corrected chi connectivity index (χ2v) is 8.96. The van der Waals surface area contributed by atoms with Gasteiger partial charge in [-0.2, -0.15) is 23.0 Å². The summed E-state index contributed by atoms with van der Waals surface area (Å²) in [5.74, 6) is -0.490. The summed E-state index contributed by atoms with van der Waals surface area (Å²) in [6.07, 6.45) is -2.49. The van der Waals surface area contributed by atoms with E-state index in [1.54, 1.807) is 0 Å². The summed E-state index contributed by atoms with van der Waals surface area (Å²) in [5, 5.41) is 6.11. The maximum Gasteiger partial charge on any atom is 0.416 e. The molecule has 0 saturated heterocycles. The Balaban J connectivity index is 1.88. The molecule has 3 aromatic rings. The van der Waals surface area contributed by atoms with Crippen LogP contribution >= 0.6 is 11.6 Å². The first kappa shape index (κ1) is 22.7. The summed E-state index contributed by atoms with van der Waals surface area (Å²) in [6, 6.07) is 5.99. The van der Waals surface area contributed by atoms with Crippen LogP contribution in [0.3, 0.4) is 0 Å².